The fraction of sp³-hybridized carbons (Fsp3) is 0.538. The van der Waals surface area contributed by atoms with E-state index in [0.29, 0.717) is 6.61 Å². The van der Waals surface area contributed by atoms with E-state index in [1.807, 2.05) is 0 Å². The Labute approximate surface area is 118 Å². The molecule has 5 nitrogen and oxygen atoms in total. The SMILES string of the molecule is CC(NS(=O)(=O)c1cccc(F)c1CN)C1CCCO1. The maximum absolute atomic E-state index is 13.6. The Kier molecular flexibility index (Phi) is 4.74. The summed E-state index contributed by atoms with van der Waals surface area (Å²) < 4.78 is 46.3. The molecule has 2 unspecified atom stereocenters. The zero-order valence-corrected chi connectivity index (χ0v) is 12.1. The van der Waals surface area contributed by atoms with Crippen LogP contribution in [-0.4, -0.2) is 27.2 Å². The Morgan fingerprint density at radius 1 is 1.55 bits per heavy atom. The number of hydrogen-bond acceptors (Lipinski definition) is 4. The molecular formula is C13H19FN2O3S. The van der Waals surface area contributed by atoms with E-state index in [1.165, 1.54) is 18.2 Å². The molecule has 1 fully saturated rings. The molecule has 1 aromatic carbocycles. The Morgan fingerprint density at radius 3 is 2.90 bits per heavy atom. The summed E-state index contributed by atoms with van der Waals surface area (Å²) in [5, 5.41) is 0. The van der Waals surface area contributed by atoms with E-state index in [0.717, 1.165) is 12.8 Å². The molecule has 3 N–H and O–H groups in total. The molecule has 0 aromatic heterocycles. The molecule has 7 heteroatoms. The molecule has 1 saturated heterocycles. The van der Waals surface area contributed by atoms with Crippen molar-refractivity contribution in [1.82, 2.24) is 4.72 Å². The molecule has 0 bridgehead atoms. The van der Waals surface area contributed by atoms with Gasteiger partial charge in [-0.2, -0.15) is 0 Å². The zero-order chi connectivity index (χ0) is 14.8. The Morgan fingerprint density at radius 2 is 2.30 bits per heavy atom. The van der Waals surface area contributed by atoms with Gasteiger partial charge in [-0.25, -0.2) is 17.5 Å². The molecule has 0 amide bonds. The maximum atomic E-state index is 13.6. The van der Waals surface area contributed by atoms with Gasteiger partial charge in [-0.15, -0.1) is 0 Å². The maximum Gasteiger partial charge on any atom is 0.241 e. The number of nitrogens with one attached hydrogen (secondary N) is 1. The smallest absolute Gasteiger partial charge is 0.241 e. The van der Waals surface area contributed by atoms with Crippen LogP contribution in [-0.2, 0) is 21.3 Å². The van der Waals surface area contributed by atoms with Crippen molar-refractivity contribution in [1.29, 1.82) is 0 Å². The lowest BCUT2D eigenvalue weighted by atomic mass is 10.1. The van der Waals surface area contributed by atoms with E-state index in [9.17, 15) is 12.8 Å². The van der Waals surface area contributed by atoms with Crippen LogP contribution in [0.5, 0.6) is 0 Å². The molecular weight excluding hydrogens is 283 g/mol. The van der Waals surface area contributed by atoms with Crippen LogP contribution in [0.15, 0.2) is 23.1 Å². The predicted octanol–water partition coefficient (Wildman–Crippen LogP) is 1.13. The fourth-order valence-electron chi connectivity index (χ4n) is 2.37. The van der Waals surface area contributed by atoms with Gasteiger partial charge in [0.25, 0.3) is 0 Å². The van der Waals surface area contributed by atoms with Crippen LogP contribution in [0.1, 0.15) is 25.3 Å². The first-order chi connectivity index (χ1) is 9.45. The molecule has 2 rings (SSSR count). The van der Waals surface area contributed by atoms with Crippen LogP contribution in [0.4, 0.5) is 4.39 Å². The second kappa shape index (κ2) is 6.17. The second-order valence-electron chi connectivity index (χ2n) is 4.88. The topological polar surface area (TPSA) is 81.4 Å². The molecule has 0 spiro atoms. The van der Waals surface area contributed by atoms with Crippen LogP contribution in [0.25, 0.3) is 0 Å². The van der Waals surface area contributed by atoms with E-state index < -0.39 is 15.8 Å². The highest BCUT2D eigenvalue weighted by molar-refractivity contribution is 7.89. The van der Waals surface area contributed by atoms with Gasteiger partial charge in [0.2, 0.25) is 10.0 Å². The summed E-state index contributed by atoms with van der Waals surface area (Å²) in [6.45, 7) is 2.22. The van der Waals surface area contributed by atoms with E-state index in [4.69, 9.17) is 10.5 Å². The third kappa shape index (κ3) is 3.17. The number of hydrogen-bond donors (Lipinski definition) is 2. The molecule has 2 atom stereocenters. The fourth-order valence-corrected chi connectivity index (χ4v) is 3.90. The minimum atomic E-state index is -3.81. The third-order valence-electron chi connectivity index (χ3n) is 3.43. The number of ether oxygens (including phenoxy) is 1. The molecule has 1 aromatic rings. The van der Waals surface area contributed by atoms with Gasteiger partial charge < -0.3 is 10.5 Å². The lowest BCUT2D eigenvalue weighted by Gasteiger charge is -2.20. The number of rotatable bonds is 5. The highest BCUT2D eigenvalue weighted by Crippen LogP contribution is 2.21. The summed E-state index contributed by atoms with van der Waals surface area (Å²) in [7, 11) is -3.81. The van der Waals surface area contributed by atoms with Gasteiger partial charge in [-0.1, -0.05) is 6.07 Å². The summed E-state index contributed by atoms with van der Waals surface area (Å²) in [5.41, 5.74) is 5.44. The average Bonchev–Trinajstić information content (AvgIpc) is 2.91. The van der Waals surface area contributed by atoms with Crippen molar-refractivity contribution in [3.05, 3.63) is 29.6 Å². The normalized spacial score (nSPS) is 21.1. The Balaban J connectivity index is 2.24. The number of benzene rings is 1. The zero-order valence-electron chi connectivity index (χ0n) is 11.3. The van der Waals surface area contributed by atoms with Gasteiger partial charge in [-0.05, 0) is 31.9 Å². The molecule has 112 valence electrons. The lowest BCUT2D eigenvalue weighted by molar-refractivity contribution is 0.0902. The number of halogens is 1. The first-order valence-corrected chi connectivity index (χ1v) is 8.05. The monoisotopic (exact) mass is 302 g/mol. The van der Waals surface area contributed by atoms with Gasteiger partial charge in [0.05, 0.1) is 11.0 Å². The summed E-state index contributed by atoms with van der Waals surface area (Å²) in [6.07, 6.45) is 1.60. The van der Waals surface area contributed by atoms with Crippen LogP contribution in [0.2, 0.25) is 0 Å². The highest BCUT2D eigenvalue weighted by atomic mass is 32.2. The quantitative estimate of drug-likeness (QED) is 0.854. The summed E-state index contributed by atoms with van der Waals surface area (Å²) in [4.78, 5) is -0.107. The summed E-state index contributed by atoms with van der Waals surface area (Å²) in [6, 6.07) is 3.55. The largest absolute Gasteiger partial charge is 0.377 e. The second-order valence-corrected chi connectivity index (χ2v) is 6.56. The van der Waals surface area contributed by atoms with Crippen LogP contribution < -0.4 is 10.5 Å². The van der Waals surface area contributed by atoms with Crippen molar-refractivity contribution in [2.75, 3.05) is 6.61 Å². The van der Waals surface area contributed by atoms with Gasteiger partial charge in [0.15, 0.2) is 0 Å². The molecule has 0 saturated carbocycles. The van der Waals surface area contributed by atoms with E-state index >= 15 is 0 Å². The van der Waals surface area contributed by atoms with Gasteiger partial charge in [0, 0.05) is 24.8 Å². The summed E-state index contributed by atoms with van der Waals surface area (Å²) in [5.74, 6) is -0.611. The molecule has 1 aliphatic heterocycles. The first-order valence-electron chi connectivity index (χ1n) is 6.57. The lowest BCUT2D eigenvalue weighted by Crippen LogP contribution is -2.41. The number of sulfonamides is 1. The van der Waals surface area contributed by atoms with Crippen molar-refractivity contribution in [3.63, 3.8) is 0 Å². The van der Waals surface area contributed by atoms with Crippen LogP contribution in [0.3, 0.4) is 0 Å². The van der Waals surface area contributed by atoms with Crippen molar-refractivity contribution < 1.29 is 17.5 Å². The van der Waals surface area contributed by atoms with E-state index in [-0.39, 0.29) is 29.1 Å². The van der Waals surface area contributed by atoms with E-state index in [1.54, 1.807) is 6.92 Å². The molecule has 0 aliphatic carbocycles. The Bertz CT molecular complexity index is 571. The highest BCUT2D eigenvalue weighted by Gasteiger charge is 2.28. The van der Waals surface area contributed by atoms with Gasteiger partial charge in [-0.3, -0.25) is 0 Å². The predicted molar refractivity (Wildman–Crippen MR) is 73.0 cm³/mol. The van der Waals surface area contributed by atoms with Crippen LogP contribution in [0, 0.1) is 5.82 Å². The number of nitrogens with two attached hydrogens (primary N) is 1. The standard InChI is InChI=1S/C13H19FN2O3S/c1-9(12-5-3-7-19-12)16-20(17,18)13-6-2-4-11(14)10(13)8-15/h2,4,6,9,12,16H,3,5,7-8,15H2,1H3. The Hall–Kier alpha value is -1.02. The van der Waals surface area contributed by atoms with Crippen molar-refractivity contribution in [2.45, 2.75) is 43.4 Å². The van der Waals surface area contributed by atoms with E-state index in [2.05, 4.69) is 4.72 Å². The molecule has 1 heterocycles. The average molecular weight is 302 g/mol. The first kappa shape index (κ1) is 15.4. The van der Waals surface area contributed by atoms with Crippen LogP contribution >= 0.6 is 0 Å². The third-order valence-corrected chi connectivity index (χ3v) is 5.08. The van der Waals surface area contributed by atoms with Crippen molar-refractivity contribution in [2.24, 2.45) is 5.73 Å². The molecule has 20 heavy (non-hydrogen) atoms. The minimum absolute atomic E-state index is 0.000426. The molecule has 0 radical (unpaired) electrons. The summed E-state index contributed by atoms with van der Waals surface area (Å²) >= 11 is 0. The van der Waals surface area contributed by atoms with Crippen molar-refractivity contribution >= 4 is 10.0 Å². The molecule has 1 aliphatic rings. The van der Waals surface area contributed by atoms with Gasteiger partial charge >= 0.3 is 0 Å². The van der Waals surface area contributed by atoms with Gasteiger partial charge in [0.1, 0.15) is 5.82 Å². The minimum Gasteiger partial charge on any atom is -0.377 e. The van der Waals surface area contributed by atoms with Crippen molar-refractivity contribution in [3.8, 4) is 0 Å².